The number of carbonyl (C=O) groups is 1. The molecule has 0 fully saturated rings. The number of benzene rings is 1. The second-order valence-electron chi connectivity index (χ2n) is 7.35. The van der Waals surface area contributed by atoms with Crippen molar-refractivity contribution >= 4 is 28.8 Å². The van der Waals surface area contributed by atoms with Crippen molar-refractivity contribution in [2.75, 3.05) is 11.4 Å². The molecule has 1 atom stereocenters. The predicted octanol–water partition coefficient (Wildman–Crippen LogP) is -0.257. The molecule has 0 unspecified atom stereocenters. The monoisotopic (exact) mass is 382 g/mol. The lowest BCUT2D eigenvalue weighted by molar-refractivity contribution is -0.306. The van der Waals surface area contributed by atoms with Crippen LogP contribution < -0.4 is 21.3 Å². The van der Waals surface area contributed by atoms with E-state index in [0.717, 1.165) is 11.3 Å². The highest BCUT2D eigenvalue weighted by atomic mass is 16.4. The molecule has 0 radical (unpaired) electrons. The van der Waals surface area contributed by atoms with Crippen LogP contribution in [0.25, 0.3) is 11.2 Å². The van der Waals surface area contributed by atoms with Crippen LogP contribution in [0.4, 0.5) is 11.6 Å². The van der Waals surface area contributed by atoms with Crippen molar-refractivity contribution in [3.63, 3.8) is 0 Å². The summed E-state index contributed by atoms with van der Waals surface area (Å²) in [5.74, 6) is -0.708. The Kier molecular flexibility index (Phi) is 4.10. The maximum absolute atomic E-state index is 13.0. The van der Waals surface area contributed by atoms with Gasteiger partial charge in [0.05, 0.1) is 12.5 Å². The van der Waals surface area contributed by atoms with Gasteiger partial charge in [0.25, 0.3) is 5.56 Å². The first-order valence-electron chi connectivity index (χ1n) is 9.02. The Hall–Kier alpha value is -3.36. The minimum absolute atomic E-state index is 0.219. The summed E-state index contributed by atoms with van der Waals surface area (Å²) < 4.78 is 3.67. The highest BCUT2D eigenvalue weighted by Crippen LogP contribution is 2.33. The smallest absolute Gasteiger partial charge is 0.332 e. The van der Waals surface area contributed by atoms with E-state index in [9.17, 15) is 19.5 Å². The van der Waals surface area contributed by atoms with Crippen molar-refractivity contribution < 1.29 is 9.90 Å². The molecule has 28 heavy (non-hydrogen) atoms. The van der Waals surface area contributed by atoms with Crippen LogP contribution in [-0.2, 0) is 24.9 Å². The summed E-state index contributed by atoms with van der Waals surface area (Å²) in [5, 5.41) is 11.0. The number of aliphatic carboxylic acids is 1. The lowest BCUT2D eigenvalue weighted by Crippen LogP contribution is -2.44. The molecule has 4 rings (SSSR count). The number of aromatic nitrogens is 4. The fourth-order valence-electron chi connectivity index (χ4n) is 3.79. The maximum Gasteiger partial charge on any atom is 0.332 e. The van der Waals surface area contributed by atoms with Crippen LogP contribution in [0.2, 0.25) is 0 Å². The van der Waals surface area contributed by atoms with Gasteiger partial charge in [-0.3, -0.25) is 13.9 Å². The molecule has 0 N–H and O–H groups in total. The molecule has 0 aliphatic carbocycles. The number of carbonyl (C=O) groups excluding carboxylic acids is 1. The SMILES string of the molecule is Cc1cccc(N2C[C@H](C)Cn3c2nc2c3c(=O)n(CC(=O)[O-])c(=O)n2C)c1. The number of imidazole rings is 1. The quantitative estimate of drug-likeness (QED) is 0.618. The molecular weight excluding hydrogens is 362 g/mol. The molecule has 9 heteroatoms. The van der Waals surface area contributed by atoms with Crippen LogP contribution >= 0.6 is 0 Å². The summed E-state index contributed by atoms with van der Waals surface area (Å²) in [6.07, 6.45) is 0. The lowest BCUT2D eigenvalue weighted by Gasteiger charge is -2.33. The van der Waals surface area contributed by atoms with Crippen LogP contribution in [0.3, 0.4) is 0 Å². The summed E-state index contributed by atoms with van der Waals surface area (Å²) in [7, 11) is 1.48. The molecule has 2 aromatic heterocycles. The van der Waals surface area contributed by atoms with Gasteiger partial charge in [-0.2, -0.15) is 4.98 Å². The van der Waals surface area contributed by atoms with Gasteiger partial charge in [0.1, 0.15) is 0 Å². The van der Waals surface area contributed by atoms with Crippen molar-refractivity contribution in [3.05, 3.63) is 50.7 Å². The number of fused-ring (bicyclic) bond motifs is 3. The molecule has 9 nitrogen and oxygen atoms in total. The van der Waals surface area contributed by atoms with Crippen LogP contribution in [-0.4, -0.2) is 31.2 Å². The molecule has 0 amide bonds. The number of anilines is 2. The van der Waals surface area contributed by atoms with Crippen LogP contribution in [0.5, 0.6) is 0 Å². The Morgan fingerprint density at radius 3 is 2.71 bits per heavy atom. The average molecular weight is 382 g/mol. The number of carboxylic acid groups (broad SMARTS) is 1. The topological polar surface area (TPSA) is 105 Å². The Bertz CT molecular complexity index is 1220. The molecule has 1 aliphatic heterocycles. The second kappa shape index (κ2) is 6.36. The fraction of sp³-hybridized carbons (Fsp3) is 0.368. The van der Waals surface area contributed by atoms with Crippen LogP contribution in [0, 0.1) is 12.8 Å². The number of rotatable bonds is 3. The summed E-state index contributed by atoms with van der Waals surface area (Å²) >= 11 is 0. The third kappa shape index (κ3) is 2.70. The van der Waals surface area contributed by atoms with E-state index in [2.05, 4.69) is 11.9 Å². The van der Waals surface area contributed by atoms with Crippen LogP contribution in [0.15, 0.2) is 33.9 Å². The van der Waals surface area contributed by atoms with Gasteiger partial charge >= 0.3 is 5.69 Å². The van der Waals surface area contributed by atoms with Crippen molar-refractivity contribution in [2.24, 2.45) is 13.0 Å². The van der Waals surface area contributed by atoms with Gasteiger partial charge in [-0.25, -0.2) is 4.79 Å². The number of aryl methyl sites for hydroxylation is 2. The summed E-state index contributed by atoms with van der Waals surface area (Å²) in [6.45, 7) is 4.54. The molecule has 0 bridgehead atoms. The van der Waals surface area contributed by atoms with E-state index < -0.39 is 23.8 Å². The largest absolute Gasteiger partial charge is 0.548 e. The van der Waals surface area contributed by atoms with Crippen LogP contribution in [0.1, 0.15) is 12.5 Å². The molecule has 0 saturated heterocycles. The number of nitrogens with zero attached hydrogens (tertiary/aromatic N) is 5. The standard InChI is InChI=1S/C19H21N5O4/c1-11-5-4-6-13(7-11)22-8-12(2)9-23-15-16(20-18(22)23)21(3)19(28)24(17(15)27)10-14(25)26/h4-7,12H,8-10H2,1-3H3,(H,25,26)/p-1/t12-/m0/s1. The molecule has 146 valence electrons. The highest BCUT2D eigenvalue weighted by Gasteiger charge is 2.29. The van der Waals surface area contributed by atoms with Crippen molar-refractivity contribution in [1.29, 1.82) is 0 Å². The minimum Gasteiger partial charge on any atom is -0.548 e. The molecule has 0 saturated carbocycles. The highest BCUT2D eigenvalue weighted by molar-refractivity contribution is 5.77. The van der Waals surface area contributed by atoms with Gasteiger partial charge in [-0.1, -0.05) is 19.1 Å². The molecule has 3 heterocycles. The third-order valence-corrected chi connectivity index (χ3v) is 5.04. The van der Waals surface area contributed by atoms with E-state index in [1.54, 1.807) is 4.57 Å². The Morgan fingerprint density at radius 2 is 2.04 bits per heavy atom. The summed E-state index contributed by atoms with van der Waals surface area (Å²) in [5.41, 5.74) is 1.12. The van der Waals surface area contributed by atoms with Gasteiger partial charge in [0.15, 0.2) is 11.2 Å². The zero-order valence-electron chi connectivity index (χ0n) is 15.9. The van der Waals surface area contributed by atoms with Crippen molar-refractivity contribution in [1.82, 2.24) is 18.7 Å². The van der Waals surface area contributed by atoms with Gasteiger partial charge in [0.2, 0.25) is 5.95 Å². The normalized spacial score (nSPS) is 16.4. The summed E-state index contributed by atoms with van der Waals surface area (Å²) in [4.78, 5) is 43.1. The first-order valence-corrected chi connectivity index (χ1v) is 9.02. The van der Waals surface area contributed by atoms with E-state index in [1.807, 2.05) is 36.1 Å². The fourth-order valence-corrected chi connectivity index (χ4v) is 3.79. The number of hydrogen-bond acceptors (Lipinski definition) is 6. The molecule has 1 aromatic carbocycles. The Morgan fingerprint density at radius 1 is 1.29 bits per heavy atom. The first kappa shape index (κ1) is 18.0. The van der Waals surface area contributed by atoms with E-state index in [-0.39, 0.29) is 17.1 Å². The number of carboxylic acids is 1. The zero-order valence-corrected chi connectivity index (χ0v) is 15.9. The van der Waals surface area contributed by atoms with E-state index >= 15 is 0 Å². The Labute approximate surface area is 160 Å². The lowest BCUT2D eigenvalue weighted by atomic mass is 10.1. The van der Waals surface area contributed by atoms with E-state index in [0.29, 0.717) is 23.6 Å². The minimum atomic E-state index is -1.49. The van der Waals surface area contributed by atoms with E-state index in [4.69, 9.17) is 0 Å². The third-order valence-electron chi connectivity index (χ3n) is 5.04. The molecule has 3 aromatic rings. The van der Waals surface area contributed by atoms with Gasteiger partial charge in [-0.05, 0) is 30.5 Å². The van der Waals surface area contributed by atoms with Gasteiger partial charge < -0.3 is 19.4 Å². The zero-order chi connectivity index (χ0) is 20.2. The predicted molar refractivity (Wildman–Crippen MR) is 102 cm³/mol. The molecule has 1 aliphatic rings. The maximum atomic E-state index is 13.0. The molecule has 0 spiro atoms. The first-order chi connectivity index (χ1) is 13.3. The summed E-state index contributed by atoms with van der Waals surface area (Å²) in [6, 6.07) is 7.97. The molecular formula is C19H20N5O4-. The second-order valence-corrected chi connectivity index (χ2v) is 7.35. The average Bonchev–Trinajstić information content (AvgIpc) is 3.02. The van der Waals surface area contributed by atoms with Crippen molar-refractivity contribution in [2.45, 2.75) is 26.9 Å². The number of hydrogen-bond donors (Lipinski definition) is 0. The van der Waals surface area contributed by atoms with E-state index in [1.165, 1.54) is 11.6 Å². The van der Waals surface area contributed by atoms with Crippen molar-refractivity contribution in [3.8, 4) is 0 Å². The Balaban J connectivity index is 2.02. The van der Waals surface area contributed by atoms with Gasteiger partial charge in [-0.15, -0.1) is 0 Å². The van der Waals surface area contributed by atoms with Gasteiger partial charge in [0, 0.05) is 25.8 Å².